The largest absolute Gasteiger partial charge is 0.342 e. The van der Waals surface area contributed by atoms with Crippen molar-refractivity contribution in [3.63, 3.8) is 0 Å². The molecule has 1 aliphatic heterocycles. The maximum atomic E-state index is 12.3. The highest BCUT2D eigenvalue weighted by molar-refractivity contribution is 7.09. The molecule has 120 valence electrons. The Balaban J connectivity index is 1.47. The van der Waals surface area contributed by atoms with Gasteiger partial charge in [0, 0.05) is 42.9 Å². The Bertz CT molecular complexity index is 547. The summed E-state index contributed by atoms with van der Waals surface area (Å²) in [7, 11) is 0. The number of nitrogens with zero attached hydrogens (tertiary/aromatic N) is 3. The number of likely N-dealkylation sites (tertiary alicyclic amines) is 1. The summed E-state index contributed by atoms with van der Waals surface area (Å²) in [5, 5.41) is 3.46. The van der Waals surface area contributed by atoms with Crippen LogP contribution in [0, 0.1) is 11.8 Å². The van der Waals surface area contributed by atoms with Gasteiger partial charge < -0.3 is 10.2 Å². The van der Waals surface area contributed by atoms with E-state index < -0.39 is 0 Å². The third-order valence-corrected chi connectivity index (χ3v) is 4.94. The number of piperidine rings is 1. The molecule has 0 aromatic carbocycles. The lowest BCUT2D eigenvalue weighted by Crippen LogP contribution is -2.42. The Hall–Kier alpha value is -1.50. The van der Waals surface area contributed by atoms with Crippen LogP contribution in [0.4, 0.5) is 5.13 Å². The van der Waals surface area contributed by atoms with Gasteiger partial charge in [-0.2, -0.15) is 4.37 Å². The second-order valence-electron chi connectivity index (χ2n) is 6.13. The summed E-state index contributed by atoms with van der Waals surface area (Å²) in [4.78, 5) is 30.5. The highest BCUT2D eigenvalue weighted by Gasteiger charge is 2.36. The van der Waals surface area contributed by atoms with Gasteiger partial charge in [-0.15, -0.1) is 0 Å². The predicted octanol–water partition coefficient (Wildman–Crippen LogP) is 2.08. The van der Waals surface area contributed by atoms with Gasteiger partial charge in [0.25, 0.3) is 0 Å². The lowest BCUT2D eigenvalue weighted by Gasteiger charge is -2.31. The number of amides is 2. The van der Waals surface area contributed by atoms with E-state index >= 15 is 0 Å². The number of rotatable bonds is 5. The minimum atomic E-state index is -0.0261. The van der Waals surface area contributed by atoms with Crippen molar-refractivity contribution >= 4 is 28.5 Å². The molecule has 0 spiro atoms. The fourth-order valence-corrected chi connectivity index (χ4v) is 3.40. The van der Waals surface area contributed by atoms with Crippen LogP contribution < -0.4 is 5.32 Å². The third kappa shape index (κ3) is 3.63. The topological polar surface area (TPSA) is 75.2 Å². The summed E-state index contributed by atoms with van der Waals surface area (Å²) in [6, 6.07) is 0. The number of hydrogen-bond acceptors (Lipinski definition) is 5. The fraction of sp³-hybridized carbons (Fsp3) is 0.733. The second kappa shape index (κ2) is 6.73. The van der Waals surface area contributed by atoms with Crippen LogP contribution in [-0.2, 0) is 16.0 Å². The minimum Gasteiger partial charge on any atom is -0.342 e. The van der Waals surface area contributed by atoms with Crippen molar-refractivity contribution in [3.8, 4) is 0 Å². The maximum absolute atomic E-state index is 12.3. The van der Waals surface area contributed by atoms with Crippen LogP contribution in [0.5, 0.6) is 0 Å². The molecule has 2 heterocycles. The molecule has 2 amide bonds. The van der Waals surface area contributed by atoms with Gasteiger partial charge in [-0.05, 0) is 32.1 Å². The summed E-state index contributed by atoms with van der Waals surface area (Å²) in [5.41, 5.74) is 0. The standard InChI is InChI=1S/C15H22N4O2S/c1-2-3-12-16-15(22-18-12)17-13(20)10-6-8-19(9-7-10)14(21)11-4-5-11/h10-11H,2-9H2,1H3,(H,16,17,18,20). The van der Waals surface area contributed by atoms with E-state index in [2.05, 4.69) is 21.6 Å². The molecule has 0 atom stereocenters. The van der Waals surface area contributed by atoms with Crippen LogP contribution in [0.3, 0.4) is 0 Å². The predicted molar refractivity (Wildman–Crippen MR) is 84.6 cm³/mol. The van der Waals surface area contributed by atoms with Crippen molar-refractivity contribution < 1.29 is 9.59 Å². The fourth-order valence-electron chi connectivity index (χ4n) is 2.79. The van der Waals surface area contributed by atoms with Crippen molar-refractivity contribution in [2.75, 3.05) is 18.4 Å². The van der Waals surface area contributed by atoms with Crippen LogP contribution in [0.25, 0.3) is 0 Å². The van der Waals surface area contributed by atoms with Gasteiger partial charge in [0.2, 0.25) is 16.9 Å². The van der Waals surface area contributed by atoms with Gasteiger partial charge in [-0.1, -0.05) is 6.92 Å². The van der Waals surface area contributed by atoms with Gasteiger partial charge in [0.15, 0.2) is 0 Å². The van der Waals surface area contributed by atoms with Gasteiger partial charge in [-0.25, -0.2) is 4.98 Å². The van der Waals surface area contributed by atoms with Gasteiger partial charge in [-0.3, -0.25) is 9.59 Å². The van der Waals surface area contributed by atoms with Crippen LogP contribution in [-0.4, -0.2) is 39.2 Å². The molecule has 3 rings (SSSR count). The highest BCUT2D eigenvalue weighted by atomic mass is 32.1. The van der Waals surface area contributed by atoms with E-state index in [-0.39, 0.29) is 23.7 Å². The van der Waals surface area contributed by atoms with E-state index in [0.29, 0.717) is 18.2 Å². The van der Waals surface area contributed by atoms with E-state index in [4.69, 9.17) is 0 Å². The summed E-state index contributed by atoms with van der Waals surface area (Å²) in [6.45, 7) is 3.48. The van der Waals surface area contributed by atoms with Crippen molar-refractivity contribution in [1.82, 2.24) is 14.3 Å². The lowest BCUT2D eigenvalue weighted by atomic mass is 9.95. The number of aromatic nitrogens is 2. The quantitative estimate of drug-likeness (QED) is 0.900. The van der Waals surface area contributed by atoms with E-state index in [9.17, 15) is 9.59 Å². The molecule has 0 unspecified atom stereocenters. The number of carbonyl (C=O) groups excluding carboxylic acids is 2. The van der Waals surface area contributed by atoms with E-state index in [1.165, 1.54) is 11.5 Å². The average molecular weight is 322 g/mol. The Kier molecular flexibility index (Phi) is 4.71. The average Bonchev–Trinajstić information content (AvgIpc) is 3.29. The van der Waals surface area contributed by atoms with Crippen LogP contribution in [0.2, 0.25) is 0 Å². The zero-order valence-corrected chi connectivity index (χ0v) is 13.7. The molecule has 22 heavy (non-hydrogen) atoms. The van der Waals surface area contributed by atoms with Gasteiger partial charge >= 0.3 is 0 Å². The molecule has 1 N–H and O–H groups in total. The van der Waals surface area contributed by atoms with Crippen LogP contribution in [0.1, 0.15) is 44.9 Å². The summed E-state index contributed by atoms with van der Waals surface area (Å²) >= 11 is 1.24. The normalized spacial score (nSPS) is 19.2. The van der Waals surface area contributed by atoms with Crippen LogP contribution >= 0.6 is 11.5 Å². The maximum Gasteiger partial charge on any atom is 0.229 e. The number of aryl methyl sites for hydroxylation is 1. The summed E-state index contributed by atoms with van der Waals surface area (Å²) < 4.78 is 4.23. The first kappa shape index (κ1) is 15.4. The molecule has 1 saturated carbocycles. The molecule has 6 nitrogen and oxygen atoms in total. The molecule has 7 heteroatoms. The smallest absolute Gasteiger partial charge is 0.229 e. The Morgan fingerprint density at radius 3 is 2.59 bits per heavy atom. The molecule has 0 bridgehead atoms. The lowest BCUT2D eigenvalue weighted by molar-refractivity contribution is -0.135. The molecule has 2 aliphatic rings. The first-order chi connectivity index (χ1) is 10.7. The van der Waals surface area contributed by atoms with E-state index in [1.807, 2.05) is 4.90 Å². The zero-order valence-electron chi connectivity index (χ0n) is 12.9. The number of carbonyl (C=O) groups is 2. The molecule has 2 fully saturated rings. The summed E-state index contributed by atoms with van der Waals surface area (Å²) in [6.07, 6.45) is 5.40. The molecule has 1 aromatic heterocycles. The molecular formula is C15H22N4O2S. The number of nitrogens with one attached hydrogen (secondary N) is 1. The van der Waals surface area contributed by atoms with Gasteiger partial charge in [0.1, 0.15) is 5.82 Å². The Morgan fingerprint density at radius 2 is 1.95 bits per heavy atom. The van der Waals surface area contributed by atoms with Crippen LogP contribution in [0.15, 0.2) is 0 Å². The van der Waals surface area contributed by atoms with Crippen molar-refractivity contribution in [2.45, 2.75) is 45.4 Å². The zero-order chi connectivity index (χ0) is 15.5. The third-order valence-electron chi connectivity index (χ3n) is 4.28. The SMILES string of the molecule is CCCc1nsc(NC(=O)C2CCN(C(=O)C3CC3)CC2)n1. The number of hydrogen-bond donors (Lipinski definition) is 1. The van der Waals surface area contributed by atoms with Gasteiger partial charge in [0.05, 0.1) is 0 Å². The molecule has 1 aromatic rings. The highest BCUT2D eigenvalue weighted by Crippen LogP contribution is 2.32. The molecule has 1 aliphatic carbocycles. The first-order valence-corrected chi connectivity index (χ1v) is 8.87. The summed E-state index contributed by atoms with van der Waals surface area (Å²) in [5.74, 6) is 1.34. The Labute approximate surface area is 134 Å². The first-order valence-electron chi connectivity index (χ1n) is 8.09. The number of anilines is 1. The van der Waals surface area contributed by atoms with E-state index in [1.54, 1.807) is 0 Å². The van der Waals surface area contributed by atoms with E-state index in [0.717, 1.165) is 44.3 Å². The van der Waals surface area contributed by atoms with Crippen molar-refractivity contribution in [3.05, 3.63) is 5.82 Å². The second-order valence-corrected chi connectivity index (χ2v) is 6.88. The minimum absolute atomic E-state index is 0.0118. The van der Waals surface area contributed by atoms with Crippen molar-refractivity contribution in [2.24, 2.45) is 11.8 Å². The Morgan fingerprint density at radius 1 is 1.23 bits per heavy atom. The molecule has 1 saturated heterocycles. The van der Waals surface area contributed by atoms with Crippen molar-refractivity contribution in [1.29, 1.82) is 0 Å². The monoisotopic (exact) mass is 322 g/mol. The molecular weight excluding hydrogens is 300 g/mol. The molecule has 0 radical (unpaired) electrons.